The molecule has 188 valence electrons. The fourth-order valence-electron chi connectivity index (χ4n) is 4.72. The van der Waals surface area contributed by atoms with E-state index in [2.05, 4.69) is 25.1 Å². The first-order valence-corrected chi connectivity index (χ1v) is 12.2. The van der Waals surface area contributed by atoms with Gasteiger partial charge in [-0.2, -0.15) is 10.1 Å². The standard InChI is InChI=1S/C26H31N7O3/c1-17-15-23-27-18(2)22(19(3)33(23)29-17)9-10-25(34)32-13-11-31(12-14-32)16-24-28-26(30-36-24)20-5-7-21(35-4)8-6-20/h5-8,15H,9-14,16H2,1-4H3. The van der Waals surface area contributed by atoms with E-state index in [9.17, 15) is 4.79 Å². The number of hydrogen-bond donors (Lipinski definition) is 0. The lowest BCUT2D eigenvalue weighted by Gasteiger charge is -2.34. The highest BCUT2D eigenvalue weighted by Gasteiger charge is 2.23. The van der Waals surface area contributed by atoms with Crippen molar-refractivity contribution in [2.75, 3.05) is 33.3 Å². The number of piperazine rings is 1. The van der Waals surface area contributed by atoms with Gasteiger partial charge in [0.05, 0.1) is 19.3 Å². The fraction of sp³-hybridized carbons (Fsp3) is 0.423. The number of ether oxygens (including phenoxy) is 1. The zero-order valence-corrected chi connectivity index (χ0v) is 21.2. The number of carbonyl (C=O) groups is 1. The van der Waals surface area contributed by atoms with Crippen molar-refractivity contribution in [2.24, 2.45) is 0 Å². The van der Waals surface area contributed by atoms with Gasteiger partial charge in [-0.15, -0.1) is 0 Å². The van der Waals surface area contributed by atoms with Crippen molar-refractivity contribution >= 4 is 11.6 Å². The van der Waals surface area contributed by atoms with Gasteiger partial charge in [0.1, 0.15) is 5.75 Å². The number of benzene rings is 1. The molecule has 0 aliphatic carbocycles. The van der Waals surface area contributed by atoms with Crippen LogP contribution >= 0.6 is 0 Å². The summed E-state index contributed by atoms with van der Waals surface area (Å²) in [5, 5.41) is 8.64. The summed E-state index contributed by atoms with van der Waals surface area (Å²) in [6.07, 6.45) is 1.12. The Hall–Kier alpha value is -3.79. The van der Waals surface area contributed by atoms with Gasteiger partial charge in [-0.25, -0.2) is 9.50 Å². The molecule has 1 saturated heterocycles. The Morgan fingerprint density at radius 2 is 1.81 bits per heavy atom. The minimum absolute atomic E-state index is 0.171. The number of aromatic nitrogens is 5. The maximum absolute atomic E-state index is 12.9. The lowest BCUT2D eigenvalue weighted by atomic mass is 10.1. The third kappa shape index (κ3) is 4.94. The number of nitrogens with zero attached hydrogens (tertiary/aromatic N) is 7. The predicted molar refractivity (Wildman–Crippen MR) is 134 cm³/mol. The van der Waals surface area contributed by atoms with Gasteiger partial charge < -0.3 is 14.2 Å². The number of fused-ring (bicyclic) bond motifs is 1. The van der Waals surface area contributed by atoms with Gasteiger partial charge in [0.25, 0.3) is 0 Å². The number of methoxy groups -OCH3 is 1. The highest BCUT2D eigenvalue weighted by Crippen LogP contribution is 2.21. The van der Waals surface area contributed by atoms with E-state index in [4.69, 9.17) is 9.26 Å². The first kappa shape index (κ1) is 23.9. The molecule has 1 amide bonds. The van der Waals surface area contributed by atoms with Gasteiger partial charge in [0.2, 0.25) is 17.6 Å². The molecule has 0 saturated carbocycles. The lowest BCUT2D eigenvalue weighted by molar-refractivity contribution is -0.133. The minimum Gasteiger partial charge on any atom is -0.497 e. The van der Waals surface area contributed by atoms with Crippen molar-refractivity contribution in [2.45, 2.75) is 40.2 Å². The molecule has 10 heteroatoms. The zero-order chi connectivity index (χ0) is 25.2. The summed E-state index contributed by atoms with van der Waals surface area (Å²) in [6.45, 7) is 9.49. The maximum Gasteiger partial charge on any atom is 0.241 e. The second-order valence-corrected chi connectivity index (χ2v) is 9.21. The Balaban J connectivity index is 1.13. The van der Waals surface area contributed by atoms with Crippen molar-refractivity contribution in [3.8, 4) is 17.1 Å². The van der Waals surface area contributed by atoms with Crippen molar-refractivity contribution in [1.82, 2.24) is 34.5 Å². The summed E-state index contributed by atoms with van der Waals surface area (Å²) in [7, 11) is 1.64. The van der Waals surface area contributed by atoms with Gasteiger partial charge in [-0.1, -0.05) is 5.16 Å². The molecule has 4 aromatic rings. The van der Waals surface area contributed by atoms with E-state index in [1.165, 1.54) is 0 Å². The van der Waals surface area contributed by atoms with Crippen LogP contribution in [0.4, 0.5) is 0 Å². The smallest absolute Gasteiger partial charge is 0.241 e. The van der Waals surface area contributed by atoms with Gasteiger partial charge in [0, 0.05) is 55.6 Å². The molecule has 1 aliphatic heterocycles. The first-order chi connectivity index (χ1) is 17.4. The Kier molecular flexibility index (Phi) is 6.69. The van der Waals surface area contributed by atoms with E-state index in [1.807, 2.05) is 60.5 Å². The number of carbonyl (C=O) groups excluding carboxylic acids is 1. The van der Waals surface area contributed by atoms with Gasteiger partial charge in [0.15, 0.2) is 5.65 Å². The Labute approximate surface area is 209 Å². The molecule has 5 rings (SSSR count). The van der Waals surface area contributed by atoms with Crippen LogP contribution in [-0.2, 0) is 17.8 Å². The molecule has 0 unspecified atom stereocenters. The third-order valence-corrected chi connectivity index (χ3v) is 6.78. The third-order valence-electron chi connectivity index (χ3n) is 6.78. The monoisotopic (exact) mass is 489 g/mol. The van der Waals surface area contributed by atoms with Gasteiger partial charge in [-0.3, -0.25) is 9.69 Å². The second kappa shape index (κ2) is 10.1. The largest absolute Gasteiger partial charge is 0.497 e. The molecule has 1 fully saturated rings. The van der Waals surface area contributed by atoms with Crippen molar-refractivity contribution < 1.29 is 14.1 Å². The molecule has 0 atom stereocenters. The predicted octanol–water partition coefficient (Wildman–Crippen LogP) is 2.99. The lowest BCUT2D eigenvalue weighted by Crippen LogP contribution is -2.48. The quantitative estimate of drug-likeness (QED) is 0.390. The Bertz CT molecular complexity index is 1370. The fourth-order valence-corrected chi connectivity index (χ4v) is 4.72. The summed E-state index contributed by atoms with van der Waals surface area (Å²) < 4.78 is 12.5. The number of hydrogen-bond acceptors (Lipinski definition) is 8. The van der Waals surface area contributed by atoms with Crippen molar-refractivity contribution in [1.29, 1.82) is 0 Å². The molecule has 4 heterocycles. The van der Waals surface area contributed by atoms with Crippen LogP contribution in [-0.4, -0.2) is 73.7 Å². The van der Waals surface area contributed by atoms with Crippen LogP contribution in [0.5, 0.6) is 5.75 Å². The number of aryl methyl sites for hydroxylation is 3. The molecule has 3 aromatic heterocycles. The average molecular weight is 490 g/mol. The maximum atomic E-state index is 12.9. The molecular weight excluding hydrogens is 458 g/mol. The molecule has 10 nitrogen and oxygen atoms in total. The van der Waals surface area contributed by atoms with Crippen LogP contribution in [0.1, 0.15) is 35.0 Å². The summed E-state index contributed by atoms with van der Waals surface area (Å²) in [5.74, 6) is 2.09. The van der Waals surface area contributed by atoms with E-state index in [1.54, 1.807) is 7.11 Å². The molecule has 36 heavy (non-hydrogen) atoms. The van der Waals surface area contributed by atoms with Gasteiger partial charge >= 0.3 is 0 Å². The molecule has 0 radical (unpaired) electrons. The SMILES string of the molecule is COc1ccc(-c2noc(CN3CCN(C(=O)CCc4c(C)nc5cc(C)nn5c4C)CC3)n2)cc1. The second-order valence-electron chi connectivity index (χ2n) is 9.21. The molecular formula is C26H31N7O3. The summed E-state index contributed by atoms with van der Waals surface area (Å²) in [6, 6.07) is 9.54. The van der Waals surface area contributed by atoms with Crippen LogP contribution in [0.2, 0.25) is 0 Å². The molecule has 0 spiro atoms. The highest BCUT2D eigenvalue weighted by molar-refractivity contribution is 5.76. The molecule has 0 bridgehead atoms. The topological polar surface area (TPSA) is 102 Å². The van der Waals surface area contributed by atoms with E-state index in [-0.39, 0.29) is 5.91 Å². The van der Waals surface area contributed by atoms with E-state index in [0.29, 0.717) is 44.2 Å². The van der Waals surface area contributed by atoms with Crippen LogP contribution in [0.25, 0.3) is 17.0 Å². The minimum atomic E-state index is 0.171. The normalized spacial score (nSPS) is 14.5. The summed E-state index contributed by atoms with van der Waals surface area (Å²) in [5.41, 5.74) is 5.79. The van der Waals surface area contributed by atoms with E-state index in [0.717, 1.165) is 52.7 Å². The van der Waals surface area contributed by atoms with Crippen LogP contribution in [0.3, 0.4) is 0 Å². The summed E-state index contributed by atoms with van der Waals surface area (Å²) >= 11 is 0. The van der Waals surface area contributed by atoms with E-state index < -0.39 is 0 Å². The molecule has 1 aliphatic rings. The van der Waals surface area contributed by atoms with Gasteiger partial charge in [-0.05, 0) is 57.0 Å². The van der Waals surface area contributed by atoms with Crippen molar-refractivity contribution in [3.63, 3.8) is 0 Å². The molecule has 0 N–H and O–H groups in total. The number of amides is 1. The Morgan fingerprint density at radius 3 is 2.53 bits per heavy atom. The number of rotatable bonds is 7. The Morgan fingerprint density at radius 1 is 1.06 bits per heavy atom. The zero-order valence-electron chi connectivity index (χ0n) is 21.2. The molecule has 1 aromatic carbocycles. The average Bonchev–Trinajstić information content (AvgIpc) is 3.50. The first-order valence-electron chi connectivity index (χ1n) is 12.2. The van der Waals surface area contributed by atoms with Crippen molar-refractivity contribution in [3.05, 3.63) is 58.9 Å². The van der Waals surface area contributed by atoms with E-state index >= 15 is 0 Å². The highest BCUT2D eigenvalue weighted by atomic mass is 16.5. The van der Waals surface area contributed by atoms with Crippen LogP contribution in [0, 0.1) is 20.8 Å². The summed E-state index contributed by atoms with van der Waals surface area (Å²) in [4.78, 5) is 26.3. The van der Waals surface area contributed by atoms with Crippen LogP contribution < -0.4 is 4.74 Å². The van der Waals surface area contributed by atoms with Crippen LogP contribution in [0.15, 0.2) is 34.9 Å².